The number of halogens is 1. The summed E-state index contributed by atoms with van der Waals surface area (Å²) >= 11 is 3.26. The molecule has 0 bridgehead atoms. The van der Waals surface area contributed by atoms with E-state index in [1.165, 1.54) is 6.42 Å². The van der Waals surface area contributed by atoms with E-state index in [2.05, 4.69) is 15.9 Å². The van der Waals surface area contributed by atoms with Gasteiger partial charge in [0.15, 0.2) is 0 Å². The number of carbonyl (C=O) groups excluding carboxylic acids is 2. The molecule has 1 aliphatic carbocycles. The normalized spacial score (nSPS) is 18.0. The first-order chi connectivity index (χ1) is 11.4. The highest BCUT2D eigenvalue weighted by atomic mass is 79.9. The SMILES string of the molecule is N[C@H](CC1CCCCC1)C(O)C(=O)N(N)C(=O)c1cccc(Br)c1. The summed E-state index contributed by atoms with van der Waals surface area (Å²) in [7, 11) is 0. The van der Waals surface area contributed by atoms with Crippen molar-refractivity contribution in [1.82, 2.24) is 5.01 Å². The van der Waals surface area contributed by atoms with Gasteiger partial charge in [-0.05, 0) is 30.5 Å². The molecule has 24 heavy (non-hydrogen) atoms. The maximum atomic E-state index is 12.3. The zero-order valence-electron chi connectivity index (χ0n) is 13.5. The minimum Gasteiger partial charge on any atom is -0.382 e. The van der Waals surface area contributed by atoms with Gasteiger partial charge in [-0.1, -0.05) is 54.1 Å². The van der Waals surface area contributed by atoms with Crippen LogP contribution in [0, 0.1) is 5.92 Å². The minimum atomic E-state index is -1.48. The summed E-state index contributed by atoms with van der Waals surface area (Å²) in [6.07, 6.45) is 4.76. The van der Waals surface area contributed by atoms with E-state index in [1.807, 2.05) is 0 Å². The Morgan fingerprint density at radius 1 is 1.29 bits per heavy atom. The lowest BCUT2D eigenvalue weighted by Crippen LogP contribution is -2.53. The van der Waals surface area contributed by atoms with Crippen LogP contribution >= 0.6 is 15.9 Å². The second kappa shape index (κ2) is 8.71. The van der Waals surface area contributed by atoms with E-state index < -0.39 is 24.0 Å². The van der Waals surface area contributed by atoms with E-state index in [1.54, 1.807) is 24.3 Å². The summed E-state index contributed by atoms with van der Waals surface area (Å²) in [6.45, 7) is 0. The van der Waals surface area contributed by atoms with Gasteiger partial charge in [-0.25, -0.2) is 10.9 Å². The predicted octanol–water partition coefficient (Wildman–Crippen LogP) is 1.95. The molecule has 1 saturated carbocycles. The van der Waals surface area contributed by atoms with Crippen LogP contribution in [-0.4, -0.2) is 34.1 Å². The fourth-order valence-corrected chi connectivity index (χ4v) is 3.52. The molecule has 2 rings (SSSR count). The van der Waals surface area contributed by atoms with Crippen molar-refractivity contribution in [1.29, 1.82) is 0 Å². The molecule has 2 atom stereocenters. The topological polar surface area (TPSA) is 110 Å². The third-order valence-corrected chi connectivity index (χ3v) is 5.01. The van der Waals surface area contributed by atoms with Gasteiger partial charge in [-0.3, -0.25) is 9.59 Å². The van der Waals surface area contributed by atoms with Crippen molar-refractivity contribution in [2.75, 3.05) is 0 Å². The lowest BCUT2D eigenvalue weighted by molar-refractivity contribution is -0.138. The van der Waals surface area contributed by atoms with E-state index in [-0.39, 0.29) is 5.56 Å². The van der Waals surface area contributed by atoms with Crippen LogP contribution in [0.5, 0.6) is 0 Å². The van der Waals surface area contributed by atoms with E-state index >= 15 is 0 Å². The van der Waals surface area contributed by atoms with Gasteiger partial charge >= 0.3 is 0 Å². The Bertz CT molecular complexity index is 590. The first-order valence-electron chi connectivity index (χ1n) is 8.22. The van der Waals surface area contributed by atoms with Crippen molar-refractivity contribution in [3.05, 3.63) is 34.3 Å². The van der Waals surface area contributed by atoms with Crippen LogP contribution in [0.2, 0.25) is 0 Å². The van der Waals surface area contributed by atoms with Crippen molar-refractivity contribution in [2.24, 2.45) is 17.5 Å². The molecular formula is C17H24BrN3O3. The third kappa shape index (κ3) is 4.86. The maximum Gasteiger partial charge on any atom is 0.274 e. The number of nitrogens with zero attached hydrogens (tertiary/aromatic N) is 1. The summed E-state index contributed by atoms with van der Waals surface area (Å²) in [5, 5.41) is 10.6. The molecule has 1 aromatic carbocycles. The number of imide groups is 1. The number of carbonyl (C=O) groups is 2. The third-order valence-electron chi connectivity index (χ3n) is 4.52. The van der Waals surface area contributed by atoms with E-state index in [9.17, 15) is 14.7 Å². The molecule has 7 heteroatoms. The first-order valence-corrected chi connectivity index (χ1v) is 9.01. The Balaban J connectivity index is 1.96. The number of hydrazine groups is 1. The second-order valence-electron chi connectivity index (χ2n) is 6.37. The van der Waals surface area contributed by atoms with Gasteiger partial charge in [0.1, 0.15) is 6.10 Å². The zero-order valence-corrected chi connectivity index (χ0v) is 15.1. The Kier molecular flexibility index (Phi) is 6.91. The number of hydrogen-bond donors (Lipinski definition) is 3. The van der Waals surface area contributed by atoms with E-state index in [0.717, 1.165) is 25.7 Å². The van der Waals surface area contributed by atoms with Gasteiger partial charge in [-0.15, -0.1) is 0 Å². The average Bonchev–Trinajstić information content (AvgIpc) is 2.60. The van der Waals surface area contributed by atoms with Crippen LogP contribution in [0.1, 0.15) is 48.9 Å². The summed E-state index contributed by atoms with van der Waals surface area (Å²) in [4.78, 5) is 24.5. The highest BCUT2D eigenvalue weighted by Gasteiger charge is 2.31. The van der Waals surface area contributed by atoms with Gasteiger partial charge < -0.3 is 10.8 Å². The van der Waals surface area contributed by atoms with E-state index in [0.29, 0.717) is 21.8 Å². The molecule has 0 spiro atoms. The maximum absolute atomic E-state index is 12.3. The average molecular weight is 398 g/mol. The number of aliphatic hydroxyl groups excluding tert-OH is 1. The Morgan fingerprint density at radius 3 is 2.58 bits per heavy atom. The van der Waals surface area contributed by atoms with Gasteiger partial charge in [0.05, 0.1) is 0 Å². The standard InChI is InChI=1S/C17H24BrN3O3/c18-13-8-4-7-12(10-13)16(23)21(20)17(24)15(22)14(19)9-11-5-2-1-3-6-11/h4,7-8,10-11,14-15,22H,1-3,5-6,9,19-20H2/t14-,15?/m1/s1. The van der Waals surface area contributed by atoms with Crippen LogP contribution in [0.4, 0.5) is 0 Å². The molecule has 1 unspecified atom stereocenters. The number of hydrogen-bond acceptors (Lipinski definition) is 5. The molecular weight excluding hydrogens is 374 g/mol. The molecule has 1 aromatic rings. The van der Waals surface area contributed by atoms with Gasteiger partial charge in [0, 0.05) is 16.1 Å². The number of aliphatic hydroxyl groups is 1. The molecule has 6 nitrogen and oxygen atoms in total. The fourth-order valence-electron chi connectivity index (χ4n) is 3.12. The monoisotopic (exact) mass is 397 g/mol. The Hall–Kier alpha value is -1.28. The van der Waals surface area contributed by atoms with Gasteiger partial charge in [0.2, 0.25) is 0 Å². The summed E-state index contributed by atoms with van der Waals surface area (Å²) in [6, 6.07) is 5.81. The van der Waals surface area contributed by atoms with Crippen molar-refractivity contribution in [2.45, 2.75) is 50.7 Å². The Labute approximate surface area is 150 Å². The molecule has 0 saturated heterocycles. The fraction of sp³-hybridized carbons (Fsp3) is 0.529. The molecule has 5 N–H and O–H groups in total. The van der Waals surface area contributed by atoms with Gasteiger partial charge in [-0.2, -0.15) is 0 Å². The van der Waals surface area contributed by atoms with Crippen LogP contribution in [0.25, 0.3) is 0 Å². The summed E-state index contributed by atoms with van der Waals surface area (Å²) < 4.78 is 0.698. The van der Waals surface area contributed by atoms with E-state index in [4.69, 9.17) is 11.6 Å². The quantitative estimate of drug-likeness (QED) is 0.399. The molecule has 1 fully saturated rings. The molecule has 0 aliphatic heterocycles. The molecule has 0 heterocycles. The Morgan fingerprint density at radius 2 is 1.96 bits per heavy atom. The van der Waals surface area contributed by atoms with Crippen molar-refractivity contribution in [3.63, 3.8) is 0 Å². The highest BCUT2D eigenvalue weighted by molar-refractivity contribution is 9.10. The van der Waals surface area contributed by atoms with Crippen molar-refractivity contribution in [3.8, 4) is 0 Å². The molecule has 132 valence electrons. The lowest BCUT2D eigenvalue weighted by atomic mass is 9.84. The molecule has 1 aliphatic rings. The number of nitrogens with two attached hydrogens (primary N) is 2. The lowest BCUT2D eigenvalue weighted by Gasteiger charge is -2.28. The van der Waals surface area contributed by atoms with Crippen molar-refractivity contribution < 1.29 is 14.7 Å². The minimum absolute atomic E-state index is 0.258. The van der Waals surface area contributed by atoms with Gasteiger partial charge in [0.25, 0.3) is 11.8 Å². The highest BCUT2D eigenvalue weighted by Crippen LogP contribution is 2.27. The first kappa shape index (κ1) is 19.1. The molecule has 0 aromatic heterocycles. The van der Waals surface area contributed by atoms with Crippen LogP contribution in [0.3, 0.4) is 0 Å². The van der Waals surface area contributed by atoms with Crippen LogP contribution in [0.15, 0.2) is 28.7 Å². The van der Waals surface area contributed by atoms with Crippen molar-refractivity contribution >= 4 is 27.7 Å². The smallest absolute Gasteiger partial charge is 0.274 e. The van der Waals surface area contributed by atoms with Crippen LogP contribution in [-0.2, 0) is 4.79 Å². The summed E-state index contributed by atoms with van der Waals surface area (Å²) in [5.74, 6) is 4.49. The number of benzene rings is 1. The molecule has 2 amide bonds. The zero-order chi connectivity index (χ0) is 17.7. The predicted molar refractivity (Wildman–Crippen MR) is 94.7 cm³/mol. The number of rotatable bonds is 5. The van der Waals surface area contributed by atoms with Crippen LogP contribution < -0.4 is 11.6 Å². The summed E-state index contributed by atoms with van der Waals surface area (Å²) in [5.41, 5.74) is 6.24. The molecule has 0 radical (unpaired) electrons. The second-order valence-corrected chi connectivity index (χ2v) is 7.29. The largest absolute Gasteiger partial charge is 0.382 e. The number of amides is 2.